The molecular weight excluding hydrogens is 276 g/mol. The average Bonchev–Trinajstić information content (AvgIpc) is 2.40. The highest BCUT2D eigenvalue weighted by molar-refractivity contribution is 9.10. The van der Waals surface area contributed by atoms with Crippen molar-refractivity contribution in [3.8, 4) is 0 Å². The molecule has 1 heterocycles. The van der Waals surface area contributed by atoms with Gasteiger partial charge in [0.15, 0.2) is 0 Å². The lowest BCUT2D eigenvalue weighted by Gasteiger charge is -2.29. The molecule has 88 valence electrons. The summed E-state index contributed by atoms with van der Waals surface area (Å²) in [6.07, 6.45) is 0. The Morgan fingerprint density at radius 3 is 2.71 bits per heavy atom. The van der Waals surface area contributed by atoms with Crippen molar-refractivity contribution in [2.24, 2.45) is 0 Å². The molecule has 0 aliphatic carbocycles. The number of anilines is 1. The molecule has 1 saturated heterocycles. The van der Waals surface area contributed by atoms with Gasteiger partial charge in [-0.2, -0.15) is 0 Å². The zero-order valence-corrected chi connectivity index (χ0v) is 11.2. The van der Waals surface area contributed by atoms with Crippen LogP contribution in [0, 0.1) is 0 Å². The second-order valence-corrected chi connectivity index (χ2v) is 5.24. The number of nitrogens with one attached hydrogen (secondary N) is 1. The van der Waals surface area contributed by atoms with Gasteiger partial charge in [0.25, 0.3) is 0 Å². The summed E-state index contributed by atoms with van der Waals surface area (Å²) in [6.45, 7) is 4.35. The zero-order chi connectivity index (χ0) is 11.7. The van der Waals surface area contributed by atoms with Crippen molar-refractivity contribution in [3.05, 3.63) is 40.9 Å². The van der Waals surface area contributed by atoms with Crippen molar-refractivity contribution < 1.29 is 0 Å². The molecule has 0 unspecified atom stereocenters. The predicted octanol–water partition coefficient (Wildman–Crippen LogP) is 3.01. The first kappa shape index (κ1) is 11.1. The molecule has 0 amide bonds. The van der Waals surface area contributed by atoms with E-state index in [2.05, 4.69) is 62.5 Å². The second kappa shape index (κ2) is 4.67. The first-order chi connectivity index (χ1) is 8.34. The Kier molecular flexibility index (Phi) is 3.04. The lowest BCUT2D eigenvalue weighted by Crippen LogP contribution is -2.43. The first-order valence-electron chi connectivity index (χ1n) is 5.98. The highest BCUT2D eigenvalue weighted by atomic mass is 79.9. The molecule has 3 rings (SSSR count). The Labute approximate surface area is 110 Å². The molecule has 0 bridgehead atoms. The average molecular weight is 291 g/mol. The lowest BCUT2D eigenvalue weighted by molar-refractivity contribution is 0.589. The van der Waals surface area contributed by atoms with Crippen molar-refractivity contribution >= 4 is 32.4 Å². The number of piperazine rings is 1. The molecule has 0 spiro atoms. The van der Waals surface area contributed by atoms with E-state index in [4.69, 9.17) is 0 Å². The molecule has 2 aromatic rings. The molecule has 0 atom stereocenters. The Hall–Kier alpha value is -1.06. The van der Waals surface area contributed by atoms with E-state index in [1.807, 2.05) is 0 Å². The van der Waals surface area contributed by atoms with Crippen LogP contribution in [0.4, 0.5) is 5.69 Å². The van der Waals surface area contributed by atoms with Crippen LogP contribution in [0.2, 0.25) is 0 Å². The van der Waals surface area contributed by atoms with E-state index >= 15 is 0 Å². The van der Waals surface area contributed by atoms with Crippen LogP contribution >= 0.6 is 15.9 Å². The van der Waals surface area contributed by atoms with E-state index in [1.54, 1.807) is 0 Å². The van der Waals surface area contributed by atoms with E-state index in [1.165, 1.54) is 20.9 Å². The molecule has 0 saturated carbocycles. The zero-order valence-electron chi connectivity index (χ0n) is 9.62. The third kappa shape index (κ3) is 2.17. The van der Waals surface area contributed by atoms with Gasteiger partial charge >= 0.3 is 0 Å². The largest absolute Gasteiger partial charge is 0.369 e. The highest BCUT2D eigenvalue weighted by Crippen LogP contribution is 2.27. The smallest absolute Gasteiger partial charge is 0.0373 e. The number of hydrogen-bond acceptors (Lipinski definition) is 2. The maximum absolute atomic E-state index is 3.59. The Bertz CT molecular complexity index is 533. The molecule has 2 nitrogen and oxygen atoms in total. The van der Waals surface area contributed by atoms with Crippen LogP contribution in [0.1, 0.15) is 0 Å². The third-order valence-corrected chi connectivity index (χ3v) is 3.98. The van der Waals surface area contributed by atoms with Crippen LogP contribution in [-0.2, 0) is 0 Å². The fourth-order valence-electron chi connectivity index (χ4n) is 2.35. The summed E-state index contributed by atoms with van der Waals surface area (Å²) in [7, 11) is 0. The van der Waals surface area contributed by atoms with Gasteiger partial charge in [0.1, 0.15) is 0 Å². The van der Waals surface area contributed by atoms with Gasteiger partial charge in [0, 0.05) is 36.3 Å². The number of halogens is 1. The predicted molar refractivity (Wildman–Crippen MR) is 76.7 cm³/mol. The summed E-state index contributed by atoms with van der Waals surface area (Å²) in [5.41, 5.74) is 1.33. The number of benzene rings is 2. The van der Waals surface area contributed by atoms with Crippen LogP contribution in [0.5, 0.6) is 0 Å². The van der Waals surface area contributed by atoms with Gasteiger partial charge < -0.3 is 10.2 Å². The van der Waals surface area contributed by atoms with Gasteiger partial charge in [-0.1, -0.05) is 34.1 Å². The summed E-state index contributed by atoms with van der Waals surface area (Å²) >= 11 is 3.59. The first-order valence-corrected chi connectivity index (χ1v) is 6.78. The summed E-state index contributed by atoms with van der Waals surface area (Å²) in [4.78, 5) is 2.44. The molecule has 1 fully saturated rings. The fraction of sp³-hybridized carbons (Fsp3) is 0.286. The number of rotatable bonds is 1. The lowest BCUT2D eigenvalue weighted by atomic mass is 10.1. The fourth-order valence-corrected chi connectivity index (χ4v) is 2.86. The normalized spacial score (nSPS) is 16.4. The molecule has 0 radical (unpaired) electrons. The van der Waals surface area contributed by atoms with Gasteiger partial charge in [-0.15, -0.1) is 0 Å². The second-order valence-electron chi connectivity index (χ2n) is 4.38. The quantitative estimate of drug-likeness (QED) is 0.869. The van der Waals surface area contributed by atoms with Crippen LogP contribution in [0.3, 0.4) is 0 Å². The number of nitrogens with zero attached hydrogens (tertiary/aromatic N) is 1. The van der Waals surface area contributed by atoms with Crippen molar-refractivity contribution in [1.29, 1.82) is 0 Å². The molecule has 3 heteroatoms. The van der Waals surface area contributed by atoms with Gasteiger partial charge in [-0.05, 0) is 29.0 Å². The SMILES string of the molecule is Brc1cccc2cc(N3CCNCC3)ccc12. The maximum Gasteiger partial charge on any atom is 0.0373 e. The van der Waals surface area contributed by atoms with E-state index in [0.717, 1.165) is 26.2 Å². The topological polar surface area (TPSA) is 15.3 Å². The van der Waals surface area contributed by atoms with E-state index in [9.17, 15) is 0 Å². The van der Waals surface area contributed by atoms with Crippen LogP contribution in [0.25, 0.3) is 10.8 Å². The Morgan fingerprint density at radius 2 is 1.88 bits per heavy atom. The summed E-state index contributed by atoms with van der Waals surface area (Å²) in [6, 6.07) is 13.1. The standard InChI is InChI=1S/C14H15BrN2/c15-14-3-1-2-11-10-12(4-5-13(11)14)17-8-6-16-7-9-17/h1-5,10,16H,6-9H2. The van der Waals surface area contributed by atoms with Gasteiger partial charge in [0.05, 0.1) is 0 Å². The molecule has 1 N–H and O–H groups in total. The minimum Gasteiger partial charge on any atom is -0.369 e. The van der Waals surface area contributed by atoms with Crippen molar-refractivity contribution in [3.63, 3.8) is 0 Å². The van der Waals surface area contributed by atoms with Crippen LogP contribution < -0.4 is 10.2 Å². The maximum atomic E-state index is 3.59. The van der Waals surface area contributed by atoms with E-state index in [0.29, 0.717) is 0 Å². The summed E-state index contributed by atoms with van der Waals surface area (Å²) in [5, 5.41) is 5.97. The highest BCUT2D eigenvalue weighted by Gasteiger charge is 2.10. The monoisotopic (exact) mass is 290 g/mol. The minimum absolute atomic E-state index is 1.08. The molecule has 17 heavy (non-hydrogen) atoms. The third-order valence-electron chi connectivity index (χ3n) is 3.29. The molecule has 0 aromatic heterocycles. The van der Waals surface area contributed by atoms with Gasteiger partial charge in [-0.25, -0.2) is 0 Å². The molecule has 2 aromatic carbocycles. The van der Waals surface area contributed by atoms with Crippen LogP contribution in [0.15, 0.2) is 40.9 Å². The minimum atomic E-state index is 1.08. The van der Waals surface area contributed by atoms with Crippen molar-refractivity contribution in [2.45, 2.75) is 0 Å². The van der Waals surface area contributed by atoms with Crippen molar-refractivity contribution in [1.82, 2.24) is 5.32 Å². The van der Waals surface area contributed by atoms with E-state index in [-0.39, 0.29) is 0 Å². The Morgan fingerprint density at radius 1 is 1.06 bits per heavy atom. The van der Waals surface area contributed by atoms with E-state index < -0.39 is 0 Å². The summed E-state index contributed by atoms with van der Waals surface area (Å²) in [5.74, 6) is 0. The Balaban J connectivity index is 2.01. The molecule has 1 aliphatic heterocycles. The molecule has 1 aliphatic rings. The molecular formula is C14H15BrN2. The van der Waals surface area contributed by atoms with Gasteiger partial charge in [-0.3, -0.25) is 0 Å². The van der Waals surface area contributed by atoms with Crippen LogP contribution in [-0.4, -0.2) is 26.2 Å². The van der Waals surface area contributed by atoms with Crippen molar-refractivity contribution in [2.75, 3.05) is 31.1 Å². The summed E-state index contributed by atoms with van der Waals surface area (Å²) < 4.78 is 1.17. The van der Waals surface area contributed by atoms with Gasteiger partial charge in [0.2, 0.25) is 0 Å². The number of hydrogen-bond donors (Lipinski definition) is 1. The number of fused-ring (bicyclic) bond motifs is 1.